The molecule has 0 radical (unpaired) electrons. The molecule has 1 fully saturated rings. The normalized spacial score (nSPS) is 18.3. The van der Waals surface area contributed by atoms with Gasteiger partial charge in [-0.1, -0.05) is 6.92 Å². The topological polar surface area (TPSA) is 64.7 Å². The lowest BCUT2D eigenvalue weighted by Gasteiger charge is -2.23. The third kappa shape index (κ3) is 6.34. The summed E-state index contributed by atoms with van der Waals surface area (Å²) >= 11 is 0. The van der Waals surface area contributed by atoms with Crippen molar-refractivity contribution in [3.8, 4) is 0 Å². The van der Waals surface area contributed by atoms with Gasteiger partial charge in [-0.15, -0.1) is 0 Å². The Morgan fingerprint density at radius 1 is 1.30 bits per heavy atom. The highest BCUT2D eigenvalue weighted by Crippen LogP contribution is 2.05. The molecule has 0 aromatic carbocycles. The zero-order valence-electron chi connectivity index (χ0n) is 12.9. The summed E-state index contributed by atoms with van der Waals surface area (Å²) in [5.74, 6) is -0.111. The fraction of sp³-hybridized carbons (Fsp3) is 0.857. The second-order valence-corrected chi connectivity index (χ2v) is 5.59. The molecule has 1 saturated heterocycles. The van der Waals surface area contributed by atoms with Crippen molar-refractivity contribution < 1.29 is 9.59 Å². The Kier molecular flexibility index (Phi) is 7.54. The fourth-order valence-electron chi connectivity index (χ4n) is 2.33. The van der Waals surface area contributed by atoms with Crippen molar-refractivity contribution >= 4 is 11.8 Å². The predicted molar refractivity (Wildman–Crippen MR) is 79.5 cm³/mol. The van der Waals surface area contributed by atoms with E-state index in [1.807, 2.05) is 18.9 Å². The molecule has 0 bridgehead atoms. The highest BCUT2D eigenvalue weighted by atomic mass is 16.2. The third-order valence-electron chi connectivity index (χ3n) is 3.48. The fourth-order valence-corrected chi connectivity index (χ4v) is 2.33. The lowest BCUT2D eigenvalue weighted by Crippen LogP contribution is -2.44. The summed E-state index contributed by atoms with van der Waals surface area (Å²) in [6, 6.07) is 0.492. The molecule has 1 unspecified atom stereocenters. The maximum absolute atomic E-state index is 12.0. The van der Waals surface area contributed by atoms with Crippen molar-refractivity contribution in [2.45, 2.75) is 32.2 Å². The van der Waals surface area contributed by atoms with Gasteiger partial charge >= 0.3 is 0 Å². The molecule has 6 nitrogen and oxygen atoms in total. The molecule has 1 atom stereocenters. The van der Waals surface area contributed by atoms with E-state index in [1.165, 1.54) is 17.7 Å². The Balaban J connectivity index is 2.23. The SMILES string of the molecule is CCCNC(=O)CN(C)C(=O)CN(C)CC1CCCN1. The van der Waals surface area contributed by atoms with E-state index >= 15 is 0 Å². The maximum Gasteiger partial charge on any atom is 0.239 e. The van der Waals surface area contributed by atoms with Crippen molar-refractivity contribution in [1.29, 1.82) is 0 Å². The first-order valence-corrected chi connectivity index (χ1v) is 7.45. The average molecular weight is 284 g/mol. The zero-order chi connectivity index (χ0) is 15.0. The third-order valence-corrected chi connectivity index (χ3v) is 3.48. The van der Waals surface area contributed by atoms with Crippen molar-refractivity contribution in [3.05, 3.63) is 0 Å². The molecule has 1 aliphatic heterocycles. The average Bonchev–Trinajstić information content (AvgIpc) is 2.88. The van der Waals surface area contributed by atoms with Crippen LogP contribution in [0.15, 0.2) is 0 Å². The molecular formula is C14H28N4O2. The summed E-state index contributed by atoms with van der Waals surface area (Å²) < 4.78 is 0. The van der Waals surface area contributed by atoms with Gasteiger partial charge in [-0.3, -0.25) is 14.5 Å². The van der Waals surface area contributed by atoms with E-state index < -0.39 is 0 Å². The van der Waals surface area contributed by atoms with E-state index in [1.54, 1.807) is 7.05 Å². The molecule has 1 rings (SSSR count). The second-order valence-electron chi connectivity index (χ2n) is 5.59. The Morgan fingerprint density at radius 3 is 2.65 bits per heavy atom. The molecule has 0 aliphatic carbocycles. The number of amides is 2. The van der Waals surface area contributed by atoms with Crippen LogP contribution in [-0.4, -0.2) is 74.5 Å². The van der Waals surface area contributed by atoms with Crippen LogP contribution in [-0.2, 0) is 9.59 Å². The minimum atomic E-state index is -0.0946. The van der Waals surface area contributed by atoms with Crippen molar-refractivity contribution in [1.82, 2.24) is 20.4 Å². The number of nitrogens with zero attached hydrogens (tertiary/aromatic N) is 2. The highest BCUT2D eigenvalue weighted by Gasteiger charge is 2.19. The molecule has 1 heterocycles. The van der Waals surface area contributed by atoms with E-state index in [2.05, 4.69) is 10.6 Å². The first kappa shape index (κ1) is 16.9. The van der Waals surface area contributed by atoms with E-state index in [9.17, 15) is 9.59 Å². The number of carbonyl (C=O) groups is 2. The predicted octanol–water partition coefficient (Wildman–Crippen LogP) is -0.345. The first-order chi connectivity index (χ1) is 9.52. The van der Waals surface area contributed by atoms with Crippen LogP contribution < -0.4 is 10.6 Å². The molecule has 0 aromatic rings. The van der Waals surface area contributed by atoms with Crippen LogP contribution in [0.25, 0.3) is 0 Å². The van der Waals surface area contributed by atoms with Crippen molar-refractivity contribution in [2.24, 2.45) is 0 Å². The number of carbonyl (C=O) groups excluding carboxylic acids is 2. The summed E-state index contributed by atoms with van der Waals surface area (Å²) in [6.07, 6.45) is 3.29. The highest BCUT2D eigenvalue weighted by molar-refractivity contribution is 5.85. The molecule has 0 saturated carbocycles. The lowest BCUT2D eigenvalue weighted by molar-refractivity contribution is -0.135. The Bertz CT molecular complexity index is 316. The Labute approximate surface area is 121 Å². The van der Waals surface area contributed by atoms with Crippen LogP contribution in [0.3, 0.4) is 0 Å². The molecule has 0 aromatic heterocycles. The Morgan fingerprint density at radius 2 is 2.05 bits per heavy atom. The largest absolute Gasteiger partial charge is 0.355 e. The van der Waals surface area contributed by atoms with E-state index in [4.69, 9.17) is 0 Å². The molecule has 2 amide bonds. The van der Waals surface area contributed by atoms with Crippen LogP contribution in [0.1, 0.15) is 26.2 Å². The molecule has 20 heavy (non-hydrogen) atoms. The van der Waals surface area contributed by atoms with E-state index in [-0.39, 0.29) is 18.4 Å². The lowest BCUT2D eigenvalue weighted by atomic mass is 10.2. The van der Waals surface area contributed by atoms with Gasteiger partial charge in [0.2, 0.25) is 11.8 Å². The summed E-state index contributed by atoms with van der Waals surface area (Å²) in [5.41, 5.74) is 0. The summed E-state index contributed by atoms with van der Waals surface area (Å²) in [5, 5.41) is 6.19. The van der Waals surface area contributed by atoms with Crippen molar-refractivity contribution in [2.75, 3.05) is 46.8 Å². The van der Waals surface area contributed by atoms with Gasteiger partial charge in [-0.25, -0.2) is 0 Å². The van der Waals surface area contributed by atoms with Gasteiger partial charge in [0.15, 0.2) is 0 Å². The van der Waals surface area contributed by atoms with Crippen LogP contribution in [0.4, 0.5) is 0 Å². The quantitative estimate of drug-likeness (QED) is 0.640. The minimum Gasteiger partial charge on any atom is -0.355 e. The van der Waals surface area contributed by atoms with Crippen LogP contribution in [0, 0.1) is 0 Å². The first-order valence-electron chi connectivity index (χ1n) is 7.45. The van der Waals surface area contributed by atoms with E-state index in [0.29, 0.717) is 19.1 Å². The van der Waals surface area contributed by atoms with Crippen LogP contribution >= 0.6 is 0 Å². The number of rotatable bonds is 8. The standard InChI is InChI=1S/C14H28N4O2/c1-4-7-16-13(19)10-18(3)14(20)11-17(2)9-12-6-5-8-15-12/h12,15H,4-11H2,1-3H3,(H,16,19). The molecule has 116 valence electrons. The number of nitrogens with one attached hydrogen (secondary N) is 2. The van der Waals surface area contributed by atoms with E-state index in [0.717, 1.165) is 19.5 Å². The second kappa shape index (κ2) is 8.92. The smallest absolute Gasteiger partial charge is 0.239 e. The molecule has 1 aliphatic rings. The summed E-state index contributed by atoms with van der Waals surface area (Å²) in [7, 11) is 3.62. The monoisotopic (exact) mass is 284 g/mol. The molecular weight excluding hydrogens is 256 g/mol. The number of hydrogen-bond donors (Lipinski definition) is 2. The minimum absolute atomic E-state index is 0.0165. The van der Waals surface area contributed by atoms with Crippen molar-refractivity contribution in [3.63, 3.8) is 0 Å². The van der Waals surface area contributed by atoms with Gasteiger partial charge in [-0.2, -0.15) is 0 Å². The summed E-state index contributed by atoms with van der Waals surface area (Å²) in [6.45, 7) is 5.10. The van der Waals surface area contributed by atoms with Gasteiger partial charge < -0.3 is 15.5 Å². The number of hydrogen-bond acceptors (Lipinski definition) is 4. The van der Waals surface area contributed by atoms with Gasteiger partial charge in [0.05, 0.1) is 13.1 Å². The van der Waals surface area contributed by atoms with Gasteiger partial charge in [0.25, 0.3) is 0 Å². The van der Waals surface area contributed by atoms with Crippen LogP contribution in [0.2, 0.25) is 0 Å². The van der Waals surface area contributed by atoms with Gasteiger partial charge in [-0.05, 0) is 32.9 Å². The number of likely N-dealkylation sites (N-methyl/N-ethyl adjacent to an activating group) is 2. The molecule has 6 heteroatoms. The zero-order valence-corrected chi connectivity index (χ0v) is 12.9. The van der Waals surface area contributed by atoms with Gasteiger partial charge in [0, 0.05) is 26.2 Å². The summed E-state index contributed by atoms with van der Waals surface area (Å²) in [4.78, 5) is 27.1. The van der Waals surface area contributed by atoms with Crippen LogP contribution in [0.5, 0.6) is 0 Å². The molecule has 2 N–H and O–H groups in total. The Hall–Kier alpha value is -1.14. The van der Waals surface area contributed by atoms with Gasteiger partial charge in [0.1, 0.15) is 0 Å². The maximum atomic E-state index is 12.0. The molecule has 0 spiro atoms.